The Hall–Kier alpha value is -3.28. The first-order chi connectivity index (χ1) is 12.1. The Morgan fingerprint density at radius 3 is 2.50 bits per heavy atom. The summed E-state index contributed by atoms with van der Waals surface area (Å²) in [6, 6.07) is 0. The molecular weight excluding hydrogens is 350 g/mol. The van der Waals surface area contributed by atoms with E-state index in [4.69, 9.17) is 10.5 Å². The Labute approximate surface area is 145 Å². The molecule has 5 N–H and O–H groups in total. The van der Waals surface area contributed by atoms with E-state index < -0.39 is 40.3 Å². The number of nitrogens with zero attached hydrogens (tertiary/aromatic N) is 2. The quantitative estimate of drug-likeness (QED) is 0.437. The number of esters is 2. The van der Waals surface area contributed by atoms with Gasteiger partial charge in [-0.15, -0.1) is 0 Å². The summed E-state index contributed by atoms with van der Waals surface area (Å²) in [5.74, 6) is -4.39. The molecule has 26 heavy (non-hydrogen) atoms. The second-order valence-corrected chi connectivity index (χ2v) is 5.42. The van der Waals surface area contributed by atoms with Crippen LogP contribution in [-0.4, -0.2) is 56.3 Å². The zero-order valence-corrected chi connectivity index (χ0v) is 14.2. The number of nitrogens with one attached hydrogen (secondary N) is 2. The Morgan fingerprint density at radius 1 is 1.27 bits per heavy atom. The maximum Gasteiger partial charge on any atom is 0.338 e. The van der Waals surface area contributed by atoms with Crippen molar-refractivity contribution in [2.75, 3.05) is 19.5 Å². The van der Waals surface area contributed by atoms with Gasteiger partial charge in [-0.2, -0.15) is 4.98 Å². The van der Waals surface area contributed by atoms with Crippen molar-refractivity contribution in [2.24, 2.45) is 0 Å². The predicted molar refractivity (Wildman–Crippen MR) is 87.2 cm³/mol. The van der Waals surface area contributed by atoms with Gasteiger partial charge in [0.2, 0.25) is 5.95 Å². The average Bonchev–Trinajstić information content (AvgIpc) is 2.55. The van der Waals surface area contributed by atoms with Crippen molar-refractivity contribution in [3.05, 3.63) is 26.4 Å². The van der Waals surface area contributed by atoms with Crippen LogP contribution in [0.4, 0.5) is 5.95 Å². The molecule has 140 valence electrons. The van der Waals surface area contributed by atoms with E-state index in [9.17, 15) is 24.3 Å². The van der Waals surface area contributed by atoms with E-state index >= 15 is 0 Å². The van der Waals surface area contributed by atoms with Gasteiger partial charge in [0, 0.05) is 0 Å². The van der Waals surface area contributed by atoms with Crippen LogP contribution in [-0.2, 0) is 19.1 Å². The summed E-state index contributed by atoms with van der Waals surface area (Å²) in [5, 5.41) is 10.5. The molecule has 2 unspecified atom stereocenters. The smallest absolute Gasteiger partial charge is 0.338 e. The molecule has 12 heteroatoms. The molecule has 0 saturated carbocycles. The Morgan fingerprint density at radius 2 is 1.92 bits per heavy atom. The highest BCUT2D eigenvalue weighted by Crippen LogP contribution is 2.28. The van der Waals surface area contributed by atoms with E-state index in [0.29, 0.717) is 0 Å². The first kappa shape index (κ1) is 19.1. The van der Waals surface area contributed by atoms with E-state index in [1.165, 1.54) is 6.92 Å². The molecule has 0 fully saturated rings. The molecule has 2 atom stereocenters. The van der Waals surface area contributed by atoms with Crippen LogP contribution in [0.2, 0.25) is 0 Å². The fraction of sp³-hybridized carbons (Fsp3) is 0.429. The number of hydrogen-bond donors (Lipinski definition) is 4. The Bertz CT molecular complexity index is 978. The lowest BCUT2D eigenvalue weighted by molar-refractivity contribution is -0.171. The van der Waals surface area contributed by atoms with Gasteiger partial charge in [-0.3, -0.25) is 19.4 Å². The number of carbonyl (C=O) groups excluding carboxylic acids is 2. The zero-order chi connectivity index (χ0) is 19.6. The predicted octanol–water partition coefficient (Wildman–Crippen LogP) is -1.84. The molecule has 2 heterocycles. The van der Waals surface area contributed by atoms with E-state index in [2.05, 4.69) is 24.7 Å². The van der Waals surface area contributed by atoms with Gasteiger partial charge < -0.3 is 25.3 Å². The maximum atomic E-state index is 12.4. The number of aliphatic hydroxyl groups is 1. The lowest BCUT2D eigenvalue weighted by atomic mass is 9.86. The number of nitrogen functional groups attached to an aromatic ring is 1. The van der Waals surface area contributed by atoms with Crippen LogP contribution in [0.15, 0.2) is 9.59 Å². The highest BCUT2D eigenvalue weighted by Gasteiger charge is 2.49. The lowest BCUT2D eigenvalue weighted by Crippen LogP contribution is -2.48. The number of H-pyrrole nitrogens is 2. The number of anilines is 1. The molecule has 0 aliphatic rings. The van der Waals surface area contributed by atoms with E-state index in [1.807, 2.05) is 0 Å². The standard InChI is InChI=1S/C14H17N5O7/c1-4-26-11(22)5(14(2,24)12(23)25-3)6-9(20)17-8-7(16-6)10(21)19-13(15)18-8/h5,24H,4H2,1-3H3,(H4,15,17,18,19,20,21). The molecule has 2 rings (SSSR count). The first-order valence-electron chi connectivity index (χ1n) is 7.40. The number of hydrogen-bond acceptors (Lipinski definition) is 10. The van der Waals surface area contributed by atoms with Crippen LogP contribution < -0.4 is 16.9 Å². The third-order valence-corrected chi connectivity index (χ3v) is 3.57. The van der Waals surface area contributed by atoms with Gasteiger partial charge in [0.25, 0.3) is 11.1 Å². The number of carbonyl (C=O) groups is 2. The van der Waals surface area contributed by atoms with Crippen molar-refractivity contribution in [3.63, 3.8) is 0 Å². The summed E-state index contributed by atoms with van der Waals surface area (Å²) in [5.41, 5.74) is -0.00906. The van der Waals surface area contributed by atoms with Crippen molar-refractivity contribution >= 4 is 29.1 Å². The van der Waals surface area contributed by atoms with Crippen LogP contribution in [0.25, 0.3) is 11.2 Å². The fourth-order valence-corrected chi connectivity index (χ4v) is 2.37. The fourth-order valence-electron chi connectivity index (χ4n) is 2.37. The molecule has 0 radical (unpaired) electrons. The number of aromatic amines is 2. The average molecular weight is 367 g/mol. The summed E-state index contributed by atoms with van der Waals surface area (Å²) in [4.78, 5) is 60.6. The van der Waals surface area contributed by atoms with Crippen LogP contribution in [0.1, 0.15) is 25.5 Å². The molecular formula is C14H17N5O7. The third-order valence-electron chi connectivity index (χ3n) is 3.57. The largest absolute Gasteiger partial charge is 0.467 e. The number of rotatable bonds is 5. The molecule has 2 aromatic heterocycles. The second-order valence-electron chi connectivity index (χ2n) is 5.42. The molecule has 12 nitrogen and oxygen atoms in total. The highest BCUT2D eigenvalue weighted by atomic mass is 16.5. The summed E-state index contributed by atoms with van der Waals surface area (Å²) in [6.45, 7) is 2.38. The van der Waals surface area contributed by atoms with Crippen LogP contribution in [0.5, 0.6) is 0 Å². The number of ether oxygens (including phenoxy) is 2. The Balaban J connectivity index is 2.78. The monoisotopic (exact) mass is 367 g/mol. The first-order valence-corrected chi connectivity index (χ1v) is 7.40. The van der Waals surface area contributed by atoms with Crippen molar-refractivity contribution in [1.82, 2.24) is 19.9 Å². The molecule has 0 aliphatic heterocycles. The van der Waals surface area contributed by atoms with Crippen LogP contribution >= 0.6 is 0 Å². The molecule has 2 aromatic rings. The van der Waals surface area contributed by atoms with E-state index in [1.54, 1.807) is 0 Å². The molecule has 0 bridgehead atoms. The molecule has 0 amide bonds. The number of methoxy groups -OCH3 is 1. The summed E-state index contributed by atoms with van der Waals surface area (Å²) in [7, 11) is 0.995. The molecule has 0 saturated heterocycles. The lowest BCUT2D eigenvalue weighted by Gasteiger charge is -2.27. The van der Waals surface area contributed by atoms with Crippen molar-refractivity contribution < 1.29 is 24.2 Å². The summed E-state index contributed by atoms with van der Waals surface area (Å²) >= 11 is 0. The Kier molecular flexibility index (Phi) is 5.07. The van der Waals surface area contributed by atoms with Gasteiger partial charge in [-0.1, -0.05) is 0 Å². The number of nitrogens with two attached hydrogens (primary N) is 1. The molecule has 0 aliphatic carbocycles. The third kappa shape index (κ3) is 3.26. The van der Waals surface area contributed by atoms with E-state index in [-0.39, 0.29) is 23.7 Å². The number of fused-ring (bicyclic) bond motifs is 1. The normalized spacial score (nSPS) is 14.5. The van der Waals surface area contributed by atoms with Gasteiger partial charge in [-0.05, 0) is 13.8 Å². The van der Waals surface area contributed by atoms with Gasteiger partial charge >= 0.3 is 11.9 Å². The molecule has 0 spiro atoms. The summed E-state index contributed by atoms with van der Waals surface area (Å²) in [6.07, 6.45) is 0. The van der Waals surface area contributed by atoms with E-state index in [0.717, 1.165) is 14.0 Å². The molecule has 0 aromatic carbocycles. The maximum absolute atomic E-state index is 12.4. The minimum absolute atomic E-state index is 0.0866. The summed E-state index contributed by atoms with van der Waals surface area (Å²) < 4.78 is 9.31. The van der Waals surface area contributed by atoms with Gasteiger partial charge in [-0.25, -0.2) is 9.78 Å². The van der Waals surface area contributed by atoms with Gasteiger partial charge in [0.1, 0.15) is 11.6 Å². The number of aromatic nitrogens is 4. The van der Waals surface area contributed by atoms with Crippen molar-refractivity contribution in [3.8, 4) is 0 Å². The minimum atomic E-state index is -2.48. The zero-order valence-electron chi connectivity index (χ0n) is 14.2. The van der Waals surface area contributed by atoms with Crippen molar-refractivity contribution in [1.29, 1.82) is 0 Å². The topological polar surface area (TPSA) is 190 Å². The van der Waals surface area contributed by atoms with Gasteiger partial charge in [0.05, 0.1) is 13.7 Å². The van der Waals surface area contributed by atoms with Crippen LogP contribution in [0.3, 0.4) is 0 Å². The highest BCUT2D eigenvalue weighted by molar-refractivity contribution is 5.90. The minimum Gasteiger partial charge on any atom is -0.467 e. The van der Waals surface area contributed by atoms with Crippen LogP contribution in [0, 0.1) is 0 Å². The second kappa shape index (κ2) is 6.92. The van der Waals surface area contributed by atoms with Crippen molar-refractivity contribution in [2.45, 2.75) is 25.4 Å². The SMILES string of the molecule is CCOC(=O)C(c1nc2c(=O)[nH]c(N)nc2[nH]c1=O)C(C)(O)C(=O)OC. The van der Waals surface area contributed by atoms with Gasteiger partial charge in [0.15, 0.2) is 16.8 Å².